The lowest BCUT2D eigenvalue weighted by Gasteiger charge is -2.23. The maximum Gasteiger partial charge on any atom is 0.240 e. The van der Waals surface area contributed by atoms with E-state index in [0.29, 0.717) is 19.5 Å². The number of aliphatic hydroxyl groups is 1. The fourth-order valence-electron chi connectivity index (χ4n) is 1.56. The second-order valence-corrected chi connectivity index (χ2v) is 4.37. The Hall–Kier alpha value is -1.06. The van der Waals surface area contributed by atoms with Crippen molar-refractivity contribution in [2.45, 2.75) is 25.3 Å². The zero-order chi connectivity index (χ0) is 12.7. The zero-order valence-electron chi connectivity index (χ0n) is 9.97. The molecule has 1 atom stereocenters. The Morgan fingerprint density at radius 2 is 2.06 bits per heavy atom. The summed E-state index contributed by atoms with van der Waals surface area (Å²) in [5.74, 6) is -0.118. The van der Waals surface area contributed by atoms with Crippen LogP contribution in [0.2, 0.25) is 0 Å². The number of carbonyl (C=O) groups excluding carboxylic acids is 1. The van der Waals surface area contributed by atoms with Gasteiger partial charge in [0, 0.05) is 13.1 Å². The normalized spacial score (nSPS) is 12.2. The lowest BCUT2D eigenvalue weighted by molar-refractivity contribution is -0.132. The number of halogens is 1. The van der Waals surface area contributed by atoms with Crippen LogP contribution in [0.4, 0.5) is 0 Å². The summed E-state index contributed by atoms with van der Waals surface area (Å²) in [6.07, 6.45) is 0.594. The van der Waals surface area contributed by atoms with Crippen LogP contribution in [0.25, 0.3) is 0 Å². The molecule has 0 aliphatic rings. The van der Waals surface area contributed by atoms with E-state index in [2.05, 4.69) is 0 Å². The Morgan fingerprint density at radius 3 is 2.59 bits per heavy atom. The van der Waals surface area contributed by atoms with Crippen LogP contribution in [0.5, 0.6) is 0 Å². The molecule has 0 aliphatic heterocycles. The zero-order valence-corrected chi connectivity index (χ0v) is 10.7. The van der Waals surface area contributed by atoms with Crippen molar-refractivity contribution in [3.8, 4) is 0 Å². The van der Waals surface area contributed by atoms with E-state index in [1.807, 2.05) is 37.3 Å². The number of alkyl halides is 1. The summed E-state index contributed by atoms with van der Waals surface area (Å²) in [6, 6.07) is 9.68. The van der Waals surface area contributed by atoms with E-state index in [9.17, 15) is 4.79 Å². The van der Waals surface area contributed by atoms with Crippen molar-refractivity contribution >= 4 is 17.5 Å². The number of benzene rings is 1. The maximum atomic E-state index is 12.0. The average Bonchev–Trinajstić information content (AvgIpc) is 2.37. The Morgan fingerprint density at radius 1 is 1.41 bits per heavy atom. The lowest BCUT2D eigenvalue weighted by Crippen LogP contribution is -2.38. The highest BCUT2D eigenvalue weighted by atomic mass is 35.5. The number of rotatable bonds is 6. The van der Waals surface area contributed by atoms with Crippen molar-refractivity contribution in [3.63, 3.8) is 0 Å². The molecule has 1 aromatic carbocycles. The van der Waals surface area contributed by atoms with Crippen LogP contribution in [0.1, 0.15) is 18.9 Å². The first-order valence-corrected chi connectivity index (χ1v) is 6.20. The van der Waals surface area contributed by atoms with Gasteiger partial charge in [-0.15, -0.1) is 11.6 Å². The minimum absolute atomic E-state index is 0.0497. The molecule has 0 radical (unpaired) electrons. The number of hydrogen-bond donors (Lipinski definition) is 1. The van der Waals surface area contributed by atoms with E-state index in [4.69, 9.17) is 16.7 Å². The first-order valence-electron chi connectivity index (χ1n) is 5.76. The summed E-state index contributed by atoms with van der Waals surface area (Å²) in [6.45, 7) is 2.63. The second-order valence-electron chi connectivity index (χ2n) is 3.84. The van der Waals surface area contributed by atoms with Gasteiger partial charge in [0.2, 0.25) is 5.91 Å². The molecule has 0 aromatic heterocycles. The molecule has 1 N–H and O–H groups in total. The topological polar surface area (TPSA) is 40.5 Å². The summed E-state index contributed by atoms with van der Waals surface area (Å²) in [5, 5.41) is 8.47. The highest BCUT2D eigenvalue weighted by Crippen LogP contribution is 2.10. The van der Waals surface area contributed by atoms with E-state index in [1.54, 1.807) is 4.90 Å². The van der Waals surface area contributed by atoms with Crippen LogP contribution in [0, 0.1) is 0 Å². The predicted octanol–water partition coefficient (Wildman–Crippen LogP) is 2.02. The van der Waals surface area contributed by atoms with Crippen LogP contribution >= 0.6 is 11.6 Å². The number of nitrogens with zero attached hydrogens (tertiary/aromatic N) is 1. The van der Waals surface area contributed by atoms with E-state index in [0.717, 1.165) is 5.56 Å². The molecule has 1 aromatic rings. The van der Waals surface area contributed by atoms with Gasteiger partial charge in [0.25, 0.3) is 0 Å². The first kappa shape index (κ1) is 14.0. The number of hydrogen-bond acceptors (Lipinski definition) is 2. The molecule has 0 fully saturated rings. The van der Waals surface area contributed by atoms with Crippen molar-refractivity contribution in [3.05, 3.63) is 35.9 Å². The molecule has 0 spiro atoms. The Bertz CT molecular complexity index is 343. The first-order chi connectivity index (χ1) is 8.19. The minimum Gasteiger partial charge on any atom is -0.395 e. The third kappa shape index (κ3) is 4.36. The summed E-state index contributed by atoms with van der Waals surface area (Å²) in [7, 11) is 0. The number of amides is 1. The summed E-state index contributed by atoms with van der Waals surface area (Å²) in [4.78, 5) is 13.5. The molecule has 3 nitrogen and oxygen atoms in total. The Balaban J connectivity index is 2.69. The van der Waals surface area contributed by atoms with E-state index in [1.165, 1.54) is 0 Å². The monoisotopic (exact) mass is 255 g/mol. The molecular weight excluding hydrogens is 238 g/mol. The molecule has 0 saturated carbocycles. The van der Waals surface area contributed by atoms with E-state index < -0.39 is 5.38 Å². The van der Waals surface area contributed by atoms with Crippen LogP contribution in [0.15, 0.2) is 30.3 Å². The predicted molar refractivity (Wildman–Crippen MR) is 68.9 cm³/mol. The van der Waals surface area contributed by atoms with Crippen LogP contribution in [-0.2, 0) is 11.3 Å². The van der Waals surface area contributed by atoms with Gasteiger partial charge in [-0.25, -0.2) is 0 Å². The Kier molecular flexibility index (Phi) is 6.01. The maximum absolute atomic E-state index is 12.0. The van der Waals surface area contributed by atoms with E-state index in [-0.39, 0.29) is 12.5 Å². The van der Waals surface area contributed by atoms with Crippen molar-refractivity contribution in [1.29, 1.82) is 0 Å². The molecule has 0 saturated heterocycles. The van der Waals surface area contributed by atoms with Gasteiger partial charge < -0.3 is 10.0 Å². The van der Waals surface area contributed by atoms with Crippen molar-refractivity contribution in [1.82, 2.24) is 4.90 Å². The summed E-state index contributed by atoms with van der Waals surface area (Å²) in [5.41, 5.74) is 1.04. The van der Waals surface area contributed by atoms with Gasteiger partial charge in [-0.3, -0.25) is 4.79 Å². The van der Waals surface area contributed by atoms with E-state index >= 15 is 0 Å². The van der Waals surface area contributed by atoms with Gasteiger partial charge in [0.05, 0.1) is 6.61 Å². The molecule has 0 heterocycles. The molecule has 94 valence electrons. The average molecular weight is 256 g/mol. The second kappa shape index (κ2) is 7.30. The molecule has 4 heteroatoms. The molecule has 0 aliphatic carbocycles. The smallest absolute Gasteiger partial charge is 0.240 e. The fourth-order valence-corrected chi connectivity index (χ4v) is 1.70. The number of carbonyl (C=O) groups is 1. The van der Waals surface area contributed by atoms with Gasteiger partial charge in [-0.1, -0.05) is 37.3 Å². The SMILES string of the molecule is CC[C@H](Cl)C(=O)N(CCO)Cc1ccccc1. The molecule has 1 rings (SSSR count). The molecule has 17 heavy (non-hydrogen) atoms. The van der Waals surface area contributed by atoms with Crippen molar-refractivity contribution < 1.29 is 9.90 Å². The lowest BCUT2D eigenvalue weighted by atomic mass is 10.2. The summed E-state index contributed by atoms with van der Waals surface area (Å²) < 4.78 is 0. The standard InChI is InChI=1S/C13H18ClNO2/c1-2-12(14)13(17)15(8-9-16)10-11-6-4-3-5-7-11/h3-7,12,16H,2,8-10H2,1H3/t12-/m0/s1. The molecule has 0 unspecified atom stereocenters. The summed E-state index contributed by atoms with van der Waals surface area (Å²) >= 11 is 5.94. The third-order valence-electron chi connectivity index (χ3n) is 2.52. The number of aliphatic hydroxyl groups excluding tert-OH is 1. The quantitative estimate of drug-likeness (QED) is 0.791. The molecule has 1 amide bonds. The van der Waals surface area contributed by atoms with Gasteiger partial charge in [0.15, 0.2) is 0 Å². The molecule has 0 bridgehead atoms. The van der Waals surface area contributed by atoms with Crippen LogP contribution in [-0.4, -0.2) is 34.4 Å². The van der Waals surface area contributed by atoms with Crippen LogP contribution < -0.4 is 0 Å². The van der Waals surface area contributed by atoms with Crippen molar-refractivity contribution in [2.75, 3.05) is 13.2 Å². The van der Waals surface area contributed by atoms with Gasteiger partial charge in [-0.05, 0) is 12.0 Å². The van der Waals surface area contributed by atoms with Gasteiger partial charge in [-0.2, -0.15) is 0 Å². The van der Waals surface area contributed by atoms with Crippen LogP contribution in [0.3, 0.4) is 0 Å². The Labute approximate surface area is 107 Å². The highest BCUT2D eigenvalue weighted by molar-refractivity contribution is 6.30. The molecular formula is C13H18ClNO2. The van der Waals surface area contributed by atoms with Gasteiger partial charge in [0.1, 0.15) is 5.38 Å². The fraction of sp³-hybridized carbons (Fsp3) is 0.462. The van der Waals surface area contributed by atoms with Crippen molar-refractivity contribution in [2.24, 2.45) is 0 Å². The van der Waals surface area contributed by atoms with Gasteiger partial charge >= 0.3 is 0 Å². The highest BCUT2D eigenvalue weighted by Gasteiger charge is 2.20. The minimum atomic E-state index is -0.509. The largest absolute Gasteiger partial charge is 0.395 e. The third-order valence-corrected chi connectivity index (χ3v) is 3.02.